The molecular weight excluding hydrogens is 943 g/mol. The molecule has 0 bridgehead atoms. The molecule has 10 rings (SSSR count). The molecule has 4 aliphatic heterocycles. The molecule has 1 N–H and O–H groups in total. The van der Waals surface area contributed by atoms with E-state index in [-0.39, 0.29) is 48.0 Å². The van der Waals surface area contributed by atoms with Crippen molar-refractivity contribution in [2.24, 2.45) is 14.1 Å². The summed E-state index contributed by atoms with van der Waals surface area (Å²) in [5.74, 6) is -0.924. The number of morpholine rings is 1. The van der Waals surface area contributed by atoms with Gasteiger partial charge >= 0.3 is 0 Å². The number of benzene rings is 4. The molecule has 3 amide bonds. The molecule has 2 fully saturated rings. The first-order valence-corrected chi connectivity index (χ1v) is 25.5. The summed E-state index contributed by atoms with van der Waals surface area (Å²) in [6.45, 7) is 10.2. The third-order valence-electron chi connectivity index (χ3n) is 15.6. The zero-order valence-corrected chi connectivity index (χ0v) is 42.5. The van der Waals surface area contributed by atoms with Crippen molar-refractivity contribution in [2.75, 3.05) is 70.5 Å². The Morgan fingerprint density at radius 3 is 2.32 bits per heavy atom. The maximum absolute atomic E-state index is 15.7. The first kappa shape index (κ1) is 50.2. The number of nitrogens with zero attached hydrogens (tertiary/aromatic N) is 8. The third-order valence-corrected chi connectivity index (χ3v) is 15.6. The van der Waals surface area contributed by atoms with Crippen molar-refractivity contribution in [1.29, 1.82) is 5.26 Å². The molecule has 0 unspecified atom stereocenters. The molecule has 16 heteroatoms. The van der Waals surface area contributed by atoms with E-state index >= 15 is 14.0 Å². The van der Waals surface area contributed by atoms with Crippen molar-refractivity contribution in [3.8, 4) is 28.8 Å². The number of nitriles is 1. The topological polar surface area (TPSA) is 140 Å². The highest BCUT2D eigenvalue weighted by Gasteiger charge is 2.37. The molecule has 0 spiro atoms. The maximum atomic E-state index is 15.7. The number of ether oxygens (including phenoxy) is 2. The van der Waals surface area contributed by atoms with Crippen molar-refractivity contribution in [3.63, 3.8) is 0 Å². The van der Waals surface area contributed by atoms with Gasteiger partial charge in [-0.3, -0.25) is 29.1 Å². The summed E-state index contributed by atoms with van der Waals surface area (Å²) < 4.78 is 45.2. The molecule has 6 heterocycles. The number of anilines is 2. The molecule has 2 saturated heterocycles. The van der Waals surface area contributed by atoms with E-state index in [1.54, 1.807) is 51.7 Å². The largest absolute Gasteiger partial charge is 0.508 e. The SMILES string of the molecule is Cc1c(N(C(=O)c2cc(-c3cc4c(cc3C(=O)N3Cc5ccccc5C[C@H]3CN3CC[C@@H](F)C3)CN(C(=O)Cc3ccc(OCCN5CCOCC5)cc3F)CC4)n(C)c2C)c2ccc(O)cc2)cc(C#N)n1C. The van der Waals surface area contributed by atoms with Crippen LogP contribution in [0.1, 0.15) is 72.0 Å². The monoisotopic (exact) mass is 1000 g/mol. The lowest BCUT2D eigenvalue weighted by atomic mass is 9.89. The Kier molecular flexibility index (Phi) is 14.4. The first-order valence-electron chi connectivity index (χ1n) is 25.5. The predicted molar refractivity (Wildman–Crippen MR) is 277 cm³/mol. The summed E-state index contributed by atoms with van der Waals surface area (Å²) in [6, 6.07) is 28.4. The number of alkyl halides is 1. The van der Waals surface area contributed by atoms with Crippen molar-refractivity contribution >= 4 is 29.1 Å². The molecule has 0 saturated carbocycles. The summed E-state index contributed by atoms with van der Waals surface area (Å²) >= 11 is 0. The highest BCUT2D eigenvalue weighted by molar-refractivity contribution is 6.13. The molecule has 14 nitrogen and oxygen atoms in total. The lowest BCUT2D eigenvalue weighted by molar-refractivity contribution is -0.131. The van der Waals surface area contributed by atoms with Crippen LogP contribution in [0.5, 0.6) is 11.5 Å². The van der Waals surface area contributed by atoms with Gasteiger partial charge in [-0.1, -0.05) is 30.3 Å². The number of hydrogen-bond donors (Lipinski definition) is 1. The number of amides is 3. The van der Waals surface area contributed by atoms with E-state index in [4.69, 9.17) is 9.47 Å². The Balaban J connectivity index is 0.993. The lowest BCUT2D eigenvalue weighted by Gasteiger charge is -2.39. The van der Waals surface area contributed by atoms with Crippen LogP contribution in [0.2, 0.25) is 0 Å². The molecule has 74 heavy (non-hydrogen) atoms. The van der Waals surface area contributed by atoms with Crippen LogP contribution >= 0.6 is 0 Å². The molecule has 384 valence electrons. The van der Waals surface area contributed by atoms with Gasteiger partial charge in [-0.05, 0) is 116 Å². The zero-order valence-electron chi connectivity index (χ0n) is 42.5. The summed E-state index contributed by atoms with van der Waals surface area (Å²) in [5, 5.41) is 20.2. The number of phenols is 1. The fourth-order valence-corrected chi connectivity index (χ4v) is 11.0. The Morgan fingerprint density at radius 2 is 1.61 bits per heavy atom. The second-order valence-electron chi connectivity index (χ2n) is 20.1. The standard InChI is InChI=1S/C58H62F2N8O6/c1-37-50(58(72)68(45-10-12-48(69)13-11-45)54-29-46(32-61)62(3)38(54)2)31-55(63(37)4)51-26-40-15-18-66(56(70)28-41-9-14-49(30-53(41)60)74-24-21-64-19-22-73-23-20-64)33-43(40)27-52(51)57(71)67-34-42-8-6-5-7-39(42)25-47(67)36-65-17-16-44(59)35-65/h5-14,26-27,29-31,44,47,69H,15-25,28,33-36H2,1-4H3/t44-,47+/m1/s1. The van der Waals surface area contributed by atoms with Gasteiger partial charge in [-0.15, -0.1) is 0 Å². The van der Waals surface area contributed by atoms with Gasteiger partial charge < -0.3 is 33.5 Å². The van der Waals surface area contributed by atoms with Gasteiger partial charge in [0, 0.05) is 119 Å². The highest BCUT2D eigenvalue weighted by atomic mass is 19.1. The van der Waals surface area contributed by atoms with E-state index in [1.807, 2.05) is 66.8 Å². The Hall–Kier alpha value is -7.32. The lowest BCUT2D eigenvalue weighted by Crippen LogP contribution is -2.50. The van der Waals surface area contributed by atoms with Gasteiger partial charge in [0.2, 0.25) is 5.91 Å². The average Bonchev–Trinajstić information content (AvgIpc) is 4.05. The minimum Gasteiger partial charge on any atom is -0.508 e. The van der Waals surface area contributed by atoms with Gasteiger partial charge in [0.1, 0.15) is 41.9 Å². The van der Waals surface area contributed by atoms with Crippen LogP contribution in [0.15, 0.2) is 91.0 Å². The van der Waals surface area contributed by atoms with Crippen molar-refractivity contribution in [3.05, 3.63) is 153 Å². The first-order chi connectivity index (χ1) is 35.7. The smallest absolute Gasteiger partial charge is 0.264 e. The second-order valence-corrected chi connectivity index (χ2v) is 20.1. The zero-order chi connectivity index (χ0) is 51.8. The van der Waals surface area contributed by atoms with Crippen LogP contribution in [0, 0.1) is 31.0 Å². The molecule has 2 atom stereocenters. The number of aromatic hydroxyl groups is 1. The van der Waals surface area contributed by atoms with Crippen molar-refractivity contribution < 1.29 is 37.7 Å². The number of aromatic nitrogens is 2. The Bertz CT molecular complexity index is 3150. The van der Waals surface area contributed by atoms with Crippen LogP contribution in [0.4, 0.5) is 20.2 Å². The highest BCUT2D eigenvalue weighted by Crippen LogP contribution is 2.39. The van der Waals surface area contributed by atoms with Crippen LogP contribution < -0.4 is 9.64 Å². The molecule has 6 aromatic rings. The van der Waals surface area contributed by atoms with E-state index in [2.05, 4.69) is 21.9 Å². The fourth-order valence-electron chi connectivity index (χ4n) is 11.0. The summed E-state index contributed by atoms with van der Waals surface area (Å²) in [6.07, 6.45) is 0.446. The number of likely N-dealkylation sites (tertiary alicyclic amines) is 1. The van der Waals surface area contributed by atoms with E-state index in [0.717, 1.165) is 35.3 Å². The van der Waals surface area contributed by atoms with Crippen LogP contribution in [-0.4, -0.2) is 129 Å². The minimum atomic E-state index is -0.921. The molecule has 2 aromatic heterocycles. The van der Waals surface area contributed by atoms with Gasteiger partial charge in [0.05, 0.1) is 30.9 Å². The molecule has 4 aliphatic rings. The van der Waals surface area contributed by atoms with Crippen molar-refractivity contribution in [1.82, 2.24) is 28.7 Å². The molecular formula is C58H62F2N8O6. The summed E-state index contributed by atoms with van der Waals surface area (Å²) in [5.41, 5.74) is 8.87. The van der Waals surface area contributed by atoms with E-state index in [9.17, 15) is 19.6 Å². The van der Waals surface area contributed by atoms with Gasteiger partial charge in [0.25, 0.3) is 11.8 Å². The number of fused-ring (bicyclic) bond motifs is 2. The normalized spacial score (nSPS) is 18.0. The third kappa shape index (κ3) is 10.2. The van der Waals surface area contributed by atoms with Crippen LogP contribution in [0.3, 0.4) is 0 Å². The van der Waals surface area contributed by atoms with Gasteiger partial charge in [-0.2, -0.15) is 5.26 Å². The fraction of sp³-hybridized carbons (Fsp3) is 0.379. The number of phenolic OH excluding ortho intramolecular Hbond substituents is 1. The number of carbonyl (C=O) groups excluding carboxylic acids is 3. The molecule has 0 radical (unpaired) electrons. The van der Waals surface area contributed by atoms with Gasteiger partial charge in [0.15, 0.2) is 0 Å². The number of rotatable bonds is 13. The van der Waals surface area contributed by atoms with E-state index in [1.165, 1.54) is 18.2 Å². The Morgan fingerprint density at radius 1 is 0.838 bits per heavy atom. The van der Waals surface area contributed by atoms with Crippen LogP contribution in [-0.2, 0) is 56.0 Å². The summed E-state index contributed by atoms with van der Waals surface area (Å²) in [7, 11) is 3.64. The molecule has 4 aromatic carbocycles. The summed E-state index contributed by atoms with van der Waals surface area (Å²) in [4.78, 5) is 54.5. The predicted octanol–water partition coefficient (Wildman–Crippen LogP) is 7.79. The van der Waals surface area contributed by atoms with Crippen LogP contribution in [0.25, 0.3) is 11.3 Å². The van der Waals surface area contributed by atoms with Crippen molar-refractivity contribution in [2.45, 2.75) is 64.8 Å². The molecule has 0 aliphatic carbocycles. The number of hydrogen-bond acceptors (Lipinski definition) is 9. The van der Waals surface area contributed by atoms with E-state index in [0.29, 0.717) is 135 Å². The number of halogens is 2. The van der Waals surface area contributed by atoms with Gasteiger partial charge in [-0.25, -0.2) is 8.78 Å². The van der Waals surface area contributed by atoms with E-state index < -0.39 is 12.0 Å². The maximum Gasteiger partial charge on any atom is 0.264 e. The minimum absolute atomic E-state index is 0.0331. The number of carbonyl (C=O) groups is 3. The second kappa shape index (κ2) is 21.3. The Labute approximate surface area is 430 Å². The average molecular weight is 1010 g/mol. The quantitative estimate of drug-likeness (QED) is 0.123.